The van der Waals surface area contributed by atoms with Gasteiger partial charge in [-0.25, -0.2) is 4.39 Å². The van der Waals surface area contributed by atoms with Gasteiger partial charge in [-0.15, -0.1) is 0 Å². The number of hydrogen-bond donors (Lipinski definition) is 2. The summed E-state index contributed by atoms with van der Waals surface area (Å²) in [4.78, 5) is 22.1. The minimum Gasteiger partial charge on any atom is -0.396 e. The molecule has 0 saturated carbocycles. The molecule has 6 nitrogen and oxygen atoms in total. The van der Waals surface area contributed by atoms with E-state index < -0.39 is 22.3 Å². The van der Waals surface area contributed by atoms with Gasteiger partial charge in [0, 0.05) is 19.2 Å². The van der Waals surface area contributed by atoms with E-state index in [4.69, 9.17) is 5.11 Å². The molecule has 1 aromatic carbocycles. The molecule has 1 amide bonds. The van der Waals surface area contributed by atoms with E-state index in [0.29, 0.717) is 12.8 Å². The Morgan fingerprint density at radius 2 is 2.14 bits per heavy atom. The van der Waals surface area contributed by atoms with Crippen LogP contribution in [0.1, 0.15) is 37.0 Å². The molecule has 1 rings (SSSR count). The molecule has 0 radical (unpaired) electrons. The number of nitro benzene ring substituents is 1. The zero-order valence-corrected chi connectivity index (χ0v) is 12.1. The summed E-state index contributed by atoms with van der Waals surface area (Å²) in [5.74, 6) is -1.39. The molecule has 0 aliphatic heterocycles. The highest BCUT2D eigenvalue weighted by Crippen LogP contribution is 2.22. The smallest absolute Gasteiger partial charge is 0.282 e. The van der Waals surface area contributed by atoms with Crippen molar-refractivity contribution in [1.82, 2.24) is 5.32 Å². The van der Waals surface area contributed by atoms with Crippen LogP contribution in [0.15, 0.2) is 18.2 Å². The van der Waals surface area contributed by atoms with Gasteiger partial charge in [0.15, 0.2) is 0 Å². The van der Waals surface area contributed by atoms with E-state index in [9.17, 15) is 19.3 Å². The summed E-state index contributed by atoms with van der Waals surface area (Å²) in [5.41, 5.74) is -0.986. The topological polar surface area (TPSA) is 92.5 Å². The van der Waals surface area contributed by atoms with Crippen molar-refractivity contribution in [2.75, 3.05) is 13.2 Å². The first kappa shape index (κ1) is 17.0. The minimum absolute atomic E-state index is 0.0622. The van der Waals surface area contributed by atoms with Crippen molar-refractivity contribution in [1.29, 1.82) is 0 Å². The number of aliphatic hydroxyl groups excluding tert-OH is 1. The molecule has 0 fully saturated rings. The number of rotatable bonds is 7. The molecule has 0 aliphatic rings. The van der Waals surface area contributed by atoms with Gasteiger partial charge in [0.05, 0.1) is 4.92 Å². The van der Waals surface area contributed by atoms with Crippen LogP contribution >= 0.6 is 0 Å². The van der Waals surface area contributed by atoms with Crippen molar-refractivity contribution in [2.45, 2.75) is 26.7 Å². The summed E-state index contributed by atoms with van der Waals surface area (Å²) < 4.78 is 13.2. The van der Waals surface area contributed by atoms with Crippen molar-refractivity contribution < 1.29 is 19.2 Å². The second-order valence-corrected chi connectivity index (χ2v) is 5.59. The van der Waals surface area contributed by atoms with E-state index in [1.807, 2.05) is 13.8 Å². The van der Waals surface area contributed by atoms with Crippen molar-refractivity contribution in [3.63, 3.8) is 0 Å². The molecule has 2 N–H and O–H groups in total. The average Bonchev–Trinajstić information content (AvgIpc) is 2.42. The Morgan fingerprint density at radius 1 is 1.48 bits per heavy atom. The Kier molecular flexibility index (Phi) is 5.78. The van der Waals surface area contributed by atoms with E-state index in [1.165, 1.54) is 0 Å². The Balaban J connectivity index is 2.80. The number of benzene rings is 1. The van der Waals surface area contributed by atoms with Crippen molar-refractivity contribution in [3.8, 4) is 0 Å². The molecular weight excluding hydrogens is 279 g/mol. The fourth-order valence-electron chi connectivity index (χ4n) is 1.91. The van der Waals surface area contributed by atoms with Crippen molar-refractivity contribution in [3.05, 3.63) is 39.7 Å². The van der Waals surface area contributed by atoms with Crippen molar-refractivity contribution in [2.24, 2.45) is 5.41 Å². The lowest BCUT2D eigenvalue weighted by atomic mass is 9.88. The van der Waals surface area contributed by atoms with Gasteiger partial charge in [0.2, 0.25) is 0 Å². The van der Waals surface area contributed by atoms with Gasteiger partial charge in [-0.05, 0) is 30.4 Å². The summed E-state index contributed by atoms with van der Waals surface area (Å²) in [6, 6.07) is 2.77. The molecule has 116 valence electrons. The van der Waals surface area contributed by atoms with Crippen LogP contribution in [0.5, 0.6) is 0 Å². The molecule has 0 saturated heterocycles. The molecule has 0 atom stereocenters. The molecule has 21 heavy (non-hydrogen) atoms. The largest absolute Gasteiger partial charge is 0.396 e. The van der Waals surface area contributed by atoms with Crippen LogP contribution in [0.2, 0.25) is 0 Å². The normalized spacial score (nSPS) is 11.2. The maximum Gasteiger partial charge on any atom is 0.282 e. The standard InChI is InChI=1S/C14H19FN2O4/c1-14(2,6-3-7-18)9-16-13(19)11-8-10(15)4-5-12(11)17(20)21/h4-5,8,18H,3,6-7,9H2,1-2H3,(H,16,19). The monoisotopic (exact) mass is 298 g/mol. The number of nitrogens with zero attached hydrogens (tertiary/aromatic N) is 1. The zero-order valence-electron chi connectivity index (χ0n) is 12.1. The lowest BCUT2D eigenvalue weighted by Gasteiger charge is -2.24. The Morgan fingerprint density at radius 3 is 2.71 bits per heavy atom. The quantitative estimate of drug-likeness (QED) is 0.596. The number of hydrogen-bond acceptors (Lipinski definition) is 4. The molecule has 0 heterocycles. The van der Waals surface area contributed by atoms with Gasteiger partial charge in [-0.1, -0.05) is 13.8 Å². The number of carbonyl (C=O) groups is 1. The fraction of sp³-hybridized carbons (Fsp3) is 0.500. The maximum atomic E-state index is 13.2. The number of carbonyl (C=O) groups excluding carboxylic acids is 1. The zero-order chi connectivity index (χ0) is 16.0. The summed E-state index contributed by atoms with van der Waals surface area (Å²) in [6.45, 7) is 4.15. The highest BCUT2D eigenvalue weighted by Gasteiger charge is 2.23. The van der Waals surface area contributed by atoms with Crippen LogP contribution < -0.4 is 5.32 Å². The van der Waals surface area contributed by atoms with Crippen LogP contribution in [-0.4, -0.2) is 29.1 Å². The molecule has 1 aromatic rings. The van der Waals surface area contributed by atoms with Crippen LogP contribution in [-0.2, 0) is 0 Å². The Hall–Kier alpha value is -2.02. The summed E-state index contributed by atoms with van der Waals surface area (Å²) in [7, 11) is 0. The molecule has 0 unspecified atom stereocenters. The van der Waals surface area contributed by atoms with Crippen LogP contribution in [0.3, 0.4) is 0 Å². The summed E-state index contributed by atoms with van der Waals surface area (Å²) in [5, 5.41) is 22.2. The van der Waals surface area contributed by atoms with Gasteiger partial charge >= 0.3 is 0 Å². The Bertz CT molecular complexity index is 532. The number of nitrogens with one attached hydrogen (secondary N) is 1. The summed E-state index contributed by atoms with van der Waals surface area (Å²) in [6.07, 6.45) is 1.29. The second-order valence-electron chi connectivity index (χ2n) is 5.59. The van der Waals surface area contributed by atoms with E-state index in [2.05, 4.69) is 5.32 Å². The highest BCUT2D eigenvalue weighted by molar-refractivity contribution is 5.98. The van der Waals surface area contributed by atoms with E-state index >= 15 is 0 Å². The SMILES string of the molecule is CC(C)(CCCO)CNC(=O)c1cc(F)ccc1[N+](=O)[O-]. The average molecular weight is 298 g/mol. The fourth-order valence-corrected chi connectivity index (χ4v) is 1.91. The van der Waals surface area contributed by atoms with Crippen LogP contribution in [0.4, 0.5) is 10.1 Å². The Labute approximate surface area is 122 Å². The van der Waals surface area contributed by atoms with Gasteiger partial charge in [-0.2, -0.15) is 0 Å². The predicted octanol–water partition coefficient (Wildman–Crippen LogP) is 2.26. The third kappa shape index (κ3) is 5.11. The third-order valence-electron chi connectivity index (χ3n) is 3.14. The first-order valence-electron chi connectivity index (χ1n) is 6.60. The molecule has 0 aromatic heterocycles. The van der Waals surface area contributed by atoms with Gasteiger partial charge < -0.3 is 10.4 Å². The second kappa shape index (κ2) is 7.12. The van der Waals surface area contributed by atoms with Gasteiger partial charge in [-0.3, -0.25) is 14.9 Å². The number of nitro groups is 1. The molecule has 0 spiro atoms. The lowest BCUT2D eigenvalue weighted by molar-refractivity contribution is -0.385. The van der Waals surface area contributed by atoms with E-state index in [1.54, 1.807) is 0 Å². The molecule has 0 bridgehead atoms. The molecular formula is C14H19FN2O4. The van der Waals surface area contributed by atoms with E-state index in [0.717, 1.165) is 18.2 Å². The number of halogens is 1. The maximum absolute atomic E-state index is 13.2. The predicted molar refractivity (Wildman–Crippen MR) is 75.5 cm³/mol. The minimum atomic E-state index is -0.717. The highest BCUT2D eigenvalue weighted by atomic mass is 19.1. The van der Waals surface area contributed by atoms with Gasteiger partial charge in [0.25, 0.3) is 11.6 Å². The summed E-state index contributed by atoms with van der Waals surface area (Å²) >= 11 is 0. The first-order valence-corrected chi connectivity index (χ1v) is 6.60. The first-order chi connectivity index (χ1) is 9.76. The number of aliphatic hydroxyl groups is 1. The number of amides is 1. The molecule has 7 heteroatoms. The van der Waals surface area contributed by atoms with Crippen molar-refractivity contribution >= 4 is 11.6 Å². The molecule has 0 aliphatic carbocycles. The van der Waals surface area contributed by atoms with Crippen LogP contribution in [0, 0.1) is 21.3 Å². The van der Waals surface area contributed by atoms with Crippen LogP contribution in [0.25, 0.3) is 0 Å². The lowest BCUT2D eigenvalue weighted by Crippen LogP contribution is -2.34. The van der Waals surface area contributed by atoms with E-state index in [-0.39, 0.29) is 24.1 Å². The third-order valence-corrected chi connectivity index (χ3v) is 3.14. The van der Waals surface area contributed by atoms with Gasteiger partial charge in [0.1, 0.15) is 11.4 Å².